The number of carbonyl (C=O) groups excluding carboxylic acids is 1. The molecule has 1 aromatic heterocycles. The summed E-state index contributed by atoms with van der Waals surface area (Å²) in [5, 5.41) is 9.35. The Hall–Kier alpha value is -1.13. The highest BCUT2D eigenvalue weighted by atomic mass is 79.9. The van der Waals surface area contributed by atoms with Gasteiger partial charge in [-0.25, -0.2) is 0 Å². The van der Waals surface area contributed by atoms with Crippen molar-refractivity contribution in [3.05, 3.63) is 50.6 Å². The first kappa shape index (κ1) is 10.4. The molecule has 0 spiro atoms. The zero-order valence-electron chi connectivity index (χ0n) is 7.61. The predicted octanol–water partition coefficient (Wildman–Crippen LogP) is 3.45. The molecule has 0 aliphatic rings. The molecular weight excluding hydrogens is 276 g/mol. The van der Waals surface area contributed by atoms with Crippen molar-refractivity contribution in [1.29, 1.82) is 0 Å². The van der Waals surface area contributed by atoms with Crippen LogP contribution >= 0.6 is 27.3 Å². The van der Waals surface area contributed by atoms with Crippen LogP contribution in [0.5, 0.6) is 5.75 Å². The van der Waals surface area contributed by atoms with E-state index in [2.05, 4.69) is 15.9 Å². The molecule has 76 valence electrons. The van der Waals surface area contributed by atoms with E-state index in [9.17, 15) is 9.90 Å². The van der Waals surface area contributed by atoms with Crippen molar-refractivity contribution >= 4 is 33.0 Å². The van der Waals surface area contributed by atoms with Crippen molar-refractivity contribution in [3.8, 4) is 5.75 Å². The number of benzene rings is 1. The van der Waals surface area contributed by atoms with Gasteiger partial charge in [-0.3, -0.25) is 4.79 Å². The molecule has 1 heterocycles. The smallest absolute Gasteiger partial charge is 0.203 e. The Kier molecular flexibility index (Phi) is 2.88. The molecule has 0 unspecified atom stereocenters. The number of ketones is 1. The van der Waals surface area contributed by atoms with Crippen LogP contribution in [0, 0.1) is 0 Å². The molecule has 0 aliphatic heterocycles. The van der Waals surface area contributed by atoms with Crippen molar-refractivity contribution in [1.82, 2.24) is 0 Å². The molecule has 0 saturated carbocycles. The third kappa shape index (κ3) is 2.11. The van der Waals surface area contributed by atoms with Crippen LogP contribution in [0.15, 0.2) is 40.2 Å². The summed E-state index contributed by atoms with van der Waals surface area (Å²) in [6.07, 6.45) is 0. The van der Waals surface area contributed by atoms with E-state index in [1.54, 1.807) is 12.1 Å². The third-order valence-corrected chi connectivity index (χ3v) is 3.73. The van der Waals surface area contributed by atoms with Crippen LogP contribution in [-0.2, 0) is 0 Å². The maximum absolute atomic E-state index is 11.9. The fraction of sp³-hybridized carbons (Fsp3) is 0. The minimum atomic E-state index is -0.0680. The molecule has 0 fully saturated rings. The number of hydrogen-bond donors (Lipinski definition) is 1. The van der Waals surface area contributed by atoms with Gasteiger partial charge in [0.15, 0.2) is 0 Å². The monoisotopic (exact) mass is 282 g/mol. The number of rotatable bonds is 2. The van der Waals surface area contributed by atoms with Gasteiger partial charge in [-0.05, 0) is 15.9 Å². The highest BCUT2D eigenvalue weighted by Crippen LogP contribution is 2.34. The van der Waals surface area contributed by atoms with E-state index in [4.69, 9.17) is 0 Å². The molecule has 1 aromatic carbocycles. The van der Waals surface area contributed by atoms with Gasteiger partial charge in [0.25, 0.3) is 0 Å². The molecule has 15 heavy (non-hydrogen) atoms. The minimum absolute atomic E-state index is 0.0680. The summed E-state index contributed by atoms with van der Waals surface area (Å²) in [4.78, 5) is 12.4. The van der Waals surface area contributed by atoms with Gasteiger partial charge in [0.05, 0.1) is 4.88 Å². The quantitative estimate of drug-likeness (QED) is 0.857. The predicted molar refractivity (Wildman–Crippen MR) is 63.6 cm³/mol. The lowest BCUT2D eigenvalue weighted by atomic mass is 10.1. The Bertz CT molecular complexity index is 471. The number of carbonyl (C=O) groups is 1. The summed E-state index contributed by atoms with van der Waals surface area (Å²) in [6.45, 7) is 0. The molecule has 0 atom stereocenters. The van der Waals surface area contributed by atoms with Crippen LogP contribution in [0.25, 0.3) is 0 Å². The normalized spacial score (nSPS) is 10.2. The molecule has 2 aromatic rings. The minimum Gasteiger partial charge on any atom is -0.506 e. The van der Waals surface area contributed by atoms with Gasteiger partial charge >= 0.3 is 0 Å². The van der Waals surface area contributed by atoms with Crippen LogP contribution < -0.4 is 0 Å². The molecule has 0 radical (unpaired) electrons. The average Bonchev–Trinajstić information content (AvgIpc) is 2.59. The van der Waals surface area contributed by atoms with Crippen molar-refractivity contribution < 1.29 is 9.90 Å². The molecule has 2 rings (SSSR count). The molecule has 4 heteroatoms. The summed E-state index contributed by atoms with van der Waals surface area (Å²) in [6, 6.07) is 10.5. The number of thiophene rings is 1. The van der Waals surface area contributed by atoms with E-state index < -0.39 is 0 Å². The second-order valence-electron chi connectivity index (χ2n) is 2.96. The van der Waals surface area contributed by atoms with Crippen LogP contribution in [0.4, 0.5) is 0 Å². The average molecular weight is 283 g/mol. The van der Waals surface area contributed by atoms with E-state index in [1.165, 1.54) is 17.4 Å². The van der Waals surface area contributed by atoms with Crippen molar-refractivity contribution in [2.75, 3.05) is 0 Å². The van der Waals surface area contributed by atoms with Crippen LogP contribution in [0.1, 0.15) is 15.2 Å². The first-order chi connectivity index (χ1) is 7.18. The van der Waals surface area contributed by atoms with Crippen molar-refractivity contribution in [2.24, 2.45) is 0 Å². The lowest BCUT2D eigenvalue weighted by Crippen LogP contribution is -1.97. The summed E-state index contributed by atoms with van der Waals surface area (Å²) in [5.74, 6) is 0.0425. The Morgan fingerprint density at radius 2 is 1.93 bits per heavy atom. The third-order valence-electron chi connectivity index (χ3n) is 1.93. The number of aromatic hydroxyl groups is 1. The maximum atomic E-state index is 11.9. The molecule has 0 amide bonds. The zero-order chi connectivity index (χ0) is 10.8. The maximum Gasteiger partial charge on any atom is 0.203 e. The van der Waals surface area contributed by atoms with Crippen LogP contribution in [-0.4, -0.2) is 10.9 Å². The summed E-state index contributed by atoms with van der Waals surface area (Å²) in [5.41, 5.74) is 0.631. The highest BCUT2D eigenvalue weighted by Gasteiger charge is 2.13. The van der Waals surface area contributed by atoms with Crippen LogP contribution in [0.3, 0.4) is 0 Å². The fourth-order valence-corrected chi connectivity index (χ4v) is 2.58. The van der Waals surface area contributed by atoms with Gasteiger partial charge in [0.1, 0.15) is 9.54 Å². The van der Waals surface area contributed by atoms with Gasteiger partial charge in [0, 0.05) is 11.6 Å². The van der Waals surface area contributed by atoms with E-state index in [-0.39, 0.29) is 11.5 Å². The summed E-state index contributed by atoms with van der Waals surface area (Å²) in [7, 11) is 0. The topological polar surface area (TPSA) is 37.3 Å². The molecule has 0 saturated heterocycles. The van der Waals surface area contributed by atoms with Crippen molar-refractivity contribution in [3.63, 3.8) is 0 Å². The molecular formula is C11H7BrO2S. The molecule has 2 nitrogen and oxygen atoms in total. The Morgan fingerprint density at radius 3 is 2.47 bits per heavy atom. The van der Waals surface area contributed by atoms with Gasteiger partial charge in [-0.2, -0.15) is 0 Å². The largest absolute Gasteiger partial charge is 0.506 e. The summed E-state index contributed by atoms with van der Waals surface area (Å²) < 4.78 is 0.585. The van der Waals surface area contributed by atoms with E-state index in [0.29, 0.717) is 14.2 Å². The first-order valence-corrected chi connectivity index (χ1v) is 5.87. The van der Waals surface area contributed by atoms with Crippen LogP contribution in [0.2, 0.25) is 0 Å². The molecule has 0 aliphatic carbocycles. The Labute approximate surface area is 99.3 Å². The van der Waals surface area contributed by atoms with E-state index >= 15 is 0 Å². The number of hydrogen-bond acceptors (Lipinski definition) is 3. The van der Waals surface area contributed by atoms with Gasteiger partial charge in [0.2, 0.25) is 5.78 Å². The van der Waals surface area contributed by atoms with Gasteiger partial charge in [-0.15, -0.1) is 11.3 Å². The second kappa shape index (κ2) is 4.16. The number of halogens is 1. The van der Waals surface area contributed by atoms with Gasteiger partial charge in [-0.1, -0.05) is 30.3 Å². The van der Waals surface area contributed by atoms with Gasteiger partial charge < -0.3 is 5.11 Å². The highest BCUT2D eigenvalue weighted by molar-refractivity contribution is 9.11. The first-order valence-electron chi connectivity index (χ1n) is 4.26. The van der Waals surface area contributed by atoms with E-state index in [1.807, 2.05) is 18.2 Å². The second-order valence-corrected chi connectivity index (χ2v) is 5.33. The fourth-order valence-electron chi connectivity index (χ4n) is 1.20. The Balaban J connectivity index is 2.37. The summed E-state index contributed by atoms with van der Waals surface area (Å²) >= 11 is 4.41. The van der Waals surface area contributed by atoms with Crippen molar-refractivity contribution in [2.45, 2.75) is 0 Å². The van der Waals surface area contributed by atoms with E-state index in [0.717, 1.165) is 0 Å². The zero-order valence-corrected chi connectivity index (χ0v) is 10.0. The standard InChI is InChI=1S/C11H7BrO2S/c12-11-8(13)6-9(15-11)10(14)7-4-2-1-3-5-7/h1-6,13H. The lowest BCUT2D eigenvalue weighted by Gasteiger charge is -1.95. The lowest BCUT2D eigenvalue weighted by molar-refractivity contribution is 0.104. The SMILES string of the molecule is O=C(c1ccccc1)c1cc(O)c(Br)s1. The Morgan fingerprint density at radius 1 is 1.27 bits per heavy atom. The molecule has 0 bridgehead atoms. The molecule has 1 N–H and O–H groups in total.